The first-order chi connectivity index (χ1) is 10.9. The molecule has 7 heteroatoms. The van der Waals surface area contributed by atoms with Crippen molar-refractivity contribution in [1.29, 1.82) is 0 Å². The number of rotatable bonds is 5. The Balaban J connectivity index is 2.09. The maximum Gasteiger partial charge on any atom is 0.326 e. The van der Waals surface area contributed by atoms with Crippen molar-refractivity contribution in [2.75, 3.05) is 6.54 Å². The smallest absolute Gasteiger partial charge is 0.326 e. The summed E-state index contributed by atoms with van der Waals surface area (Å²) in [6.45, 7) is 3.22. The molecule has 0 bridgehead atoms. The number of amides is 2. The molecule has 0 radical (unpaired) electrons. The van der Waals surface area contributed by atoms with Gasteiger partial charge in [-0.1, -0.05) is 19.1 Å². The van der Waals surface area contributed by atoms with Crippen LogP contribution in [0.15, 0.2) is 29.2 Å². The van der Waals surface area contributed by atoms with Crippen molar-refractivity contribution in [2.24, 2.45) is 0 Å². The number of aromatic hydroxyl groups is 1. The van der Waals surface area contributed by atoms with E-state index in [4.69, 9.17) is 4.74 Å². The Kier molecular flexibility index (Phi) is 5.44. The molecular formula is C16H17NO5S. The van der Waals surface area contributed by atoms with Crippen LogP contribution in [-0.2, 0) is 14.3 Å². The molecule has 2 rings (SSSR count). The maximum atomic E-state index is 12.2. The SMILES string of the molecule is CC[C@H](C)OC(=O)CN1C(=O)S/C(=C/c2cccc(O)c2)C1=O. The minimum Gasteiger partial charge on any atom is -0.508 e. The Labute approximate surface area is 138 Å². The first-order valence-corrected chi connectivity index (χ1v) is 7.96. The number of nitrogens with zero attached hydrogens (tertiary/aromatic N) is 1. The van der Waals surface area contributed by atoms with E-state index in [1.165, 1.54) is 18.2 Å². The zero-order valence-corrected chi connectivity index (χ0v) is 13.6. The fraction of sp³-hybridized carbons (Fsp3) is 0.312. The van der Waals surface area contributed by atoms with Crippen molar-refractivity contribution in [3.05, 3.63) is 34.7 Å². The number of carbonyl (C=O) groups excluding carboxylic acids is 3. The van der Waals surface area contributed by atoms with Crippen molar-refractivity contribution in [3.8, 4) is 5.75 Å². The Bertz CT molecular complexity index is 670. The van der Waals surface area contributed by atoms with Gasteiger partial charge in [-0.3, -0.25) is 19.3 Å². The quantitative estimate of drug-likeness (QED) is 0.658. The van der Waals surface area contributed by atoms with Gasteiger partial charge in [0.15, 0.2) is 0 Å². The number of carbonyl (C=O) groups is 3. The third kappa shape index (κ3) is 4.35. The third-order valence-electron chi connectivity index (χ3n) is 3.24. The second kappa shape index (κ2) is 7.32. The van der Waals surface area contributed by atoms with Gasteiger partial charge >= 0.3 is 5.97 Å². The highest BCUT2D eigenvalue weighted by atomic mass is 32.2. The molecule has 1 fully saturated rings. The lowest BCUT2D eigenvalue weighted by molar-refractivity contribution is -0.150. The van der Waals surface area contributed by atoms with Crippen molar-refractivity contribution >= 4 is 35.0 Å². The Morgan fingerprint density at radius 2 is 2.17 bits per heavy atom. The summed E-state index contributed by atoms with van der Waals surface area (Å²) in [6, 6.07) is 6.32. The van der Waals surface area contributed by atoms with Crippen molar-refractivity contribution < 1.29 is 24.2 Å². The molecule has 1 aromatic rings. The minimum absolute atomic E-state index is 0.0649. The van der Waals surface area contributed by atoms with Crippen LogP contribution in [0.25, 0.3) is 6.08 Å². The van der Waals surface area contributed by atoms with Crippen LogP contribution in [-0.4, -0.2) is 39.8 Å². The van der Waals surface area contributed by atoms with E-state index in [9.17, 15) is 19.5 Å². The van der Waals surface area contributed by atoms with Gasteiger partial charge in [-0.25, -0.2) is 0 Å². The maximum absolute atomic E-state index is 12.2. The lowest BCUT2D eigenvalue weighted by Crippen LogP contribution is -2.35. The molecule has 1 N–H and O–H groups in total. The Morgan fingerprint density at radius 3 is 2.83 bits per heavy atom. The molecule has 1 aromatic carbocycles. The number of imide groups is 1. The lowest BCUT2D eigenvalue weighted by atomic mass is 10.2. The monoisotopic (exact) mass is 335 g/mol. The average Bonchev–Trinajstić information content (AvgIpc) is 2.74. The van der Waals surface area contributed by atoms with E-state index >= 15 is 0 Å². The van der Waals surface area contributed by atoms with Gasteiger partial charge < -0.3 is 9.84 Å². The molecule has 0 spiro atoms. The molecule has 122 valence electrons. The molecule has 6 nitrogen and oxygen atoms in total. The molecule has 1 saturated heterocycles. The van der Waals surface area contributed by atoms with E-state index < -0.39 is 23.7 Å². The van der Waals surface area contributed by atoms with Crippen molar-refractivity contribution in [2.45, 2.75) is 26.4 Å². The van der Waals surface area contributed by atoms with Crippen LogP contribution in [0.5, 0.6) is 5.75 Å². The first-order valence-electron chi connectivity index (χ1n) is 7.14. The summed E-state index contributed by atoms with van der Waals surface area (Å²) in [5, 5.41) is 8.91. The summed E-state index contributed by atoms with van der Waals surface area (Å²) in [5.74, 6) is -1.08. The molecule has 0 saturated carbocycles. The van der Waals surface area contributed by atoms with Crippen LogP contribution in [0.1, 0.15) is 25.8 Å². The second-order valence-electron chi connectivity index (χ2n) is 5.07. The zero-order valence-electron chi connectivity index (χ0n) is 12.8. The van der Waals surface area contributed by atoms with E-state index in [1.807, 2.05) is 6.92 Å². The van der Waals surface area contributed by atoms with E-state index in [1.54, 1.807) is 19.1 Å². The van der Waals surface area contributed by atoms with Gasteiger partial charge in [0.05, 0.1) is 11.0 Å². The second-order valence-corrected chi connectivity index (χ2v) is 6.06. The number of thioether (sulfide) groups is 1. The van der Waals surface area contributed by atoms with Gasteiger partial charge in [0.25, 0.3) is 11.1 Å². The van der Waals surface area contributed by atoms with E-state index in [0.29, 0.717) is 12.0 Å². The van der Waals surface area contributed by atoms with Gasteiger partial charge in [0.1, 0.15) is 12.3 Å². The Morgan fingerprint density at radius 1 is 1.43 bits per heavy atom. The standard InChI is InChI=1S/C16H17NO5S/c1-3-10(2)22-14(19)9-17-15(20)13(23-16(17)21)8-11-5-4-6-12(18)7-11/h4-8,10,18H,3,9H2,1-2H3/b13-8+/t10-/m0/s1. The van der Waals surface area contributed by atoms with Crippen LogP contribution < -0.4 is 0 Å². The number of hydrogen-bond acceptors (Lipinski definition) is 6. The van der Waals surface area contributed by atoms with Crippen LogP contribution in [0.2, 0.25) is 0 Å². The Hall–Kier alpha value is -2.28. The van der Waals surface area contributed by atoms with Gasteiger partial charge in [-0.05, 0) is 48.9 Å². The highest BCUT2D eigenvalue weighted by molar-refractivity contribution is 8.18. The predicted octanol–water partition coefficient (Wildman–Crippen LogP) is 2.77. The van der Waals surface area contributed by atoms with Gasteiger partial charge in [-0.15, -0.1) is 0 Å². The molecule has 0 aliphatic carbocycles. The molecule has 0 aromatic heterocycles. The molecule has 2 amide bonds. The van der Waals surface area contributed by atoms with Gasteiger partial charge in [-0.2, -0.15) is 0 Å². The van der Waals surface area contributed by atoms with Crippen LogP contribution in [0, 0.1) is 0 Å². The van der Waals surface area contributed by atoms with E-state index in [-0.39, 0.29) is 16.8 Å². The van der Waals surface area contributed by atoms with Gasteiger partial charge in [0.2, 0.25) is 0 Å². The molecule has 1 aliphatic heterocycles. The number of hydrogen-bond donors (Lipinski definition) is 1. The average molecular weight is 335 g/mol. The summed E-state index contributed by atoms with van der Waals surface area (Å²) in [5.41, 5.74) is 0.595. The molecule has 1 aliphatic rings. The number of benzene rings is 1. The summed E-state index contributed by atoms with van der Waals surface area (Å²) in [7, 11) is 0. The first kappa shape index (κ1) is 17.1. The van der Waals surface area contributed by atoms with Crippen LogP contribution in [0.4, 0.5) is 4.79 Å². The molecule has 1 atom stereocenters. The summed E-state index contributed by atoms with van der Waals surface area (Å²) >= 11 is 0.758. The molecule has 23 heavy (non-hydrogen) atoms. The molecule has 0 unspecified atom stereocenters. The third-order valence-corrected chi connectivity index (χ3v) is 4.14. The number of phenolic OH excluding ortho intramolecular Hbond substituents is 1. The van der Waals surface area contributed by atoms with Crippen LogP contribution >= 0.6 is 11.8 Å². The van der Waals surface area contributed by atoms with Crippen LogP contribution in [0.3, 0.4) is 0 Å². The topological polar surface area (TPSA) is 83.9 Å². The number of phenols is 1. The van der Waals surface area contributed by atoms with E-state index in [2.05, 4.69) is 0 Å². The fourth-order valence-corrected chi connectivity index (χ4v) is 2.71. The number of esters is 1. The largest absolute Gasteiger partial charge is 0.508 e. The normalized spacial score (nSPS) is 17.7. The summed E-state index contributed by atoms with van der Waals surface area (Å²) in [4.78, 5) is 37.0. The van der Waals surface area contributed by atoms with Gasteiger partial charge in [0, 0.05) is 0 Å². The predicted molar refractivity (Wildman–Crippen MR) is 86.6 cm³/mol. The van der Waals surface area contributed by atoms with E-state index in [0.717, 1.165) is 16.7 Å². The summed E-state index contributed by atoms with van der Waals surface area (Å²) < 4.78 is 5.08. The fourth-order valence-electron chi connectivity index (χ4n) is 1.88. The zero-order chi connectivity index (χ0) is 17.0. The number of ether oxygens (including phenoxy) is 1. The minimum atomic E-state index is -0.611. The highest BCUT2D eigenvalue weighted by Gasteiger charge is 2.36. The summed E-state index contributed by atoms with van der Waals surface area (Å²) in [6.07, 6.45) is 1.90. The van der Waals surface area contributed by atoms with Crippen molar-refractivity contribution in [1.82, 2.24) is 4.90 Å². The van der Waals surface area contributed by atoms with Crippen molar-refractivity contribution in [3.63, 3.8) is 0 Å². The molecule has 1 heterocycles. The lowest BCUT2D eigenvalue weighted by Gasteiger charge is -2.14. The molecular weight excluding hydrogens is 318 g/mol. The highest BCUT2D eigenvalue weighted by Crippen LogP contribution is 2.32.